The summed E-state index contributed by atoms with van der Waals surface area (Å²) in [7, 11) is 0. The van der Waals surface area contributed by atoms with Crippen LogP contribution in [0.1, 0.15) is 90.5 Å². The molecule has 0 N–H and O–H groups in total. The molecular weight excluding hydrogens is 592 g/mol. The SMILES string of the molecule is CC(C)OC(=O)N=NC(=O)OC(C)C.CCOC(=O)CC1(c2ccc(OC3CCc4ccc(OCCC(C)C)cc43)cc2)COC1. The van der Waals surface area contributed by atoms with Gasteiger partial charge in [0.05, 0.1) is 50.5 Å². The molecule has 1 atom stereocenters. The van der Waals surface area contributed by atoms with E-state index in [2.05, 4.69) is 63.9 Å². The van der Waals surface area contributed by atoms with Crippen LogP contribution in [0.25, 0.3) is 0 Å². The van der Waals surface area contributed by atoms with Crippen LogP contribution in [0.2, 0.25) is 0 Å². The minimum Gasteiger partial charge on any atom is -0.494 e. The van der Waals surface area contributed by atoms with E-state index in [9.17, 15) is 14.4 Å². The van der Waals surface area contributed by atoms with Crippen molar-refractivity contribution in [1.29, 1.82) is 0 Å². The Morgan fingerprint density at radius 1 is 0.891 bits per heavy atom. The number of carbonyl (C=O) groups excluding carboxylic acids is 3. The first kappa shape index (κ1) is 36.5. The second-order valence-corrected chi connectivity index (χ2v) is 12.4. The molecule has 11 heteroatoms. The number of nitrogens with zero attached hydrogens (tertiary/aromatic N) is 2. The second kappa shape index (κ2) is 17.6. The van der Waals surface area contributed by atoms with Gasteiger partial charge in [-0.2, -0.15) is 0 Å². The quantitative estimate of drug-likeness (QED) is 0.129. The van der Waals surface area contributed by atoms with Gasteiger partial charge in [-0.25, -0.2) is 9.59 Å². The first-order chi connectivity index (χ1) is 21.9. The van der Waals surface area contributed by atoms with Crippen molar-refractivity contribution in [3.63, 3.8) is 0 Å². The highest BCUT2D eigenvalue weighted by Crippen LogP contribution is 2.39. The van der Waals surface area contributed by atoms with Gasteiger partial charge in [-0.15, -0.1) is 0 Å². The van der Waals surface area contributed by atoms with E-state index in [0.29, 0.717) is 32.2 Å². The number of hydrogen-bond donors (Lipinski definition) is 0. The van der Waals surface area contributed by atoms with Crippen LogP contribution in [-0.4, -0.2) is 56.8 Å². The lowest BCUT2D eigenvalue weighted by Gasteiger charge is -2.41. The Balaban J connectivity index is 0.000000349. The average Bonchev–Trinajstić information content (AvgIpc) is 3.36. The first-order valence-electron chi connectivity index (χ1n) is 16.0. The van der Waals surface area contributed by atoms with Crippen LogP contribution in [0.3, 0.4) is 0 Å². The summed E-state index contributed by atoms with van der Waals surface area (Å²) in [5.74, 6) is 2.21. The standard InChI is InChI=1S/C27H34O5.C8H14N2O4/c1-4-30-26(28)16-27(17-29-18-27)21-7-10-22(11-8-21)32-25-12-6-20-5-9-23(15-24(20)25)31-14-13-19(2)3;1-5(2)13-7(11)9-10-8(12)14-6(3)4/h5,7-11,15,19,25H,4,6,12-14,16-18H2,1-3H3;5-6H,1-4H3. The average molecular weight is 641 g/mol. The third-order valence-corrected chi connectivity index (χ3v) is 7.28. The van der Waals surface area contributed by atoms with Crippen LogP contribution in [0.15, 0.2) is 52.7 Å². The molecule has 1 saturated heterocycles. The van der Waals surface area contributed by atoms with Gasteiger partial charge in [0.25, 0.3) is 0 Å². The molecule has 0 bridgehead atoms. The highest BCUT2D eigenvalue weighted by Gasteiger charge is 2.42. The minimum atomic E-state index is -0.902. The Morgan fingerprint density at radius 2 is 1.50 bits per heavy atom. The smallest absolute Gasteiger partial charge is 0.452 e. The molecular formula is C35H48N2O9. The third-order valence-electron chi connectivity index (χ3n) is 7.28. The number of fused-ring (bicyclic) bond motifs is 1. The fourth-order valence-corrected chi connectivity index (χ4v) is 4.96. The van der Waals surface area contributed by atoms with E-state index in [1.165, 1.54) is 11.1 Å². The Morgan fingerprint density at radius 3 is 2.02 bits per heavy atom. The maximum atomic E-state index is 12.1. The molecule has 46 heavy (non-hydrogen) atoms. The number of hydrogen-bond acceptors (Lipinski definition) is 9. The molecule has 11 nitrogen and oxygen atoms in total. The van der Waals surface area contributed by atoms with Crippen molar-refractivity contribution < 1.29 is 42.8 Å². The zero-order chi connectivity index (χ0) is 33.7. The molecule has 1 aliphatic carbocycles. The largest absolute Gasteiger partial charge is 0.494 e. The second-order valence-electron chi connectivity index (χ2n) is 12.4. The fourth-order valence-electron chi connectivity index (χ4n) is 4.96. The van der Waals surface area contributed by atoms with Gasteiger partial charge in [-0.1, -0.05) is 42.3 Å². The zero-order valence-electron chi connectivity index (χ0n) is 28.1. The summed E-state index contributed by atoms with van der Waals surface area (Å²) in [4.78, 5) is 33.6. The van der Waals surface area contributed by atoms with Crippen LogP contribution >= 0.6 is 0 Å². The van der Waals surface area contributed by atoms with Crippen molar-refractivity contribution in [2.75, 3.05) is 26.4 Å². The number of esters is 1. The molecule has 252 valence electrons. The first-order valence-corrected chi connectivity index (χ1v) is 16.0. The summed E-state index contributed by atoms with van der Waals surface area (Å²) in [6.45, 7) is 15.1. The number of benzene rings is 2. The Bertz CT molecular complexity index is 1290. The van der Waals surface area contributed by atoms with Gasteiger partial charge >= 0.3 is 18.2 Å². The van der Waals surface area contributed by atoms with Crippen molar-refractivity contribution in [1.82, 2.24) is 0 Å². The highest BCUT2D eigenvalue weighted by atomic mass is 16.6. The molecule has 1 unspecified atom stereocenters. The summed E-state index contributed by atoms with van der Waals surface area (Å²) in [5, 5.41) is 6.01. The number of rotatable bonds is 12. The molecule has 1 fully saturated rings. The molecule has 2 amide bonds. The Hall–Kier alpha value is -3.99. The lowest BCUT2D eigenvalue weighted by atomic mass is 9.76. The summed E-state index contributed by atoms with van der Waals surface area (Å²) >= 11 is 0. The molecule has 1 aliphatic heterocycles. The van der Waals surface area contributed by atoms with Gasteiger partial charge in [0.2, 0.25) is 0 Å². The van der Waals surface area contributed by atoms with E-state index < -0.39 is 12.2 Å². The lowest BCUT2D eigenvalue weighted by Crippen LogP contribution is -2.48. The highest BCUT2D eigenvalue weighted by molar-refractivity contribution is 5.73. The van der Waals surface area contributed by atoms with E-state index in [1.54, 1.807) is 27.7 Å². The van der Waals surface area contributed by atoms with Crippen LogP contribution in [0.4, 0.5) is 9.59 Å². The topological polar surface area (TPSA) is 131 Å². The van der Waals surface area contributed by atoms with Gasteiger partial charge in [-0.05, 0) is 101 Å². The van der Waals surface area contributed by atoms with Crippen LogP contribution < -0.4 is 9.47 Å². The van der Waals surface area contributed by atoms with Crippen molar-refractivity contribution in [3.8, 4) is 11.5 Å². The maximum Gasteiger partial charge on any atom is 0.452 e. The summed E-state index contributed by atoms with van der Waals surface area (Å²) in [6.07, 6.45) is 1.02. The van der Waals surface area contributed by atoms with Gasteiger partial charge in [0, 0.05) is 0 Å². The van der Waals surface area contributed by atoms with E-state index in [4.69, 9.17) is 18.9 Å². The van der Waals surface area contributed by atoms with Crippen LogP contribution in [0.5, 0.6) is 11.5 Å². The number of azo groups is 1. The van der Waals surface area contributed by atoms with Crippen molar-refractivity contribution in [2.45, 2.75) is 97.9 Å². The van der Waals surface area contributed by atoms with Crippen LogP contribution in [0, 0.1) is 5.92 Å². The third kappa shape index (κ3) is 11.4. The van der Waals surface area contributed by atoms with Crippen LogP contribution in [-0.2, 0) is 35.6 Å². The monoisotopic (exact) mass is 640 g/mol. The van der Waals surface area contributed by atoms with Crippen molar-refractivity contribution >= 4 is 18.2 Å². The molecule has 0 radical (unpaired) electrons. The Labute approximate surface area is 271 Å². The molecule has 2 aromatic rings. The van der Waals surface area contributed by atoms with Gasteiger partial charge in [0.1, 0.15) is 17.6 Å². The molecule has 2 aliphatic rings. The normalized spacial score (nSPS) is 16.3. The van der Waals surface area contributed by atoms with Gasteiger partial charge < -0.3 is 28.4 Å². The molecule has 0 saturated carbocycles. The van der Waals surface area contributed by atoms with E-state index in [1.807, 2.05) is 19.1 Å². The Kier molecular flexibility index (Phi) is 14.0. The van der Waals surface area contributed by atoms with Gasteiger partial charge in [0.15, 0.2) is 0 Å². The van der Waals surface area contributed by atoms with E-state index in [0.717, 1.165) is 42.9 Å². The zero-order valence-corrected chi connectivity index (χ0v) is 28.1. The lowest BCUT2D eigenvalue weighted by molar-refractivity contribution is -0.151. The fraction of sp³-hybridized carbons (Fsp3) is 0.571. The molecule has 1 heterocycles. The molecule has 4 rings (SSSR count). The summed E-state index contributed by atoms with van der Waals surface area (Å²) < 4.78 is 32.1. The van der Waals surface area contributed by atoms with E-state index >= 15 is 0 Å². The van der Waals surface area contributed by atoms with Crippen molar-refractivity contribution in [2.24, 2.45) is 16.1 Å². The molecule has 0 aromatic heterocycles. The molecule has 0 spiro atoms. The number of aryl methyl sites for hydroxylation is 1. The predicted octanol–water partition coefficient (Wildman–Crippen LogP) is 7.93. The summed E-state index contributed by atoms with van der Waals surface area (Å²) in [5.41, 5.74) is 3.37. The van der Waals surface area contributed by atoms with E-state index in [-0.39, 0.29) is 29.7 Å². The van der Waals surface area contributed by atoms with Crippen molar-refractivity contribution in [3.05, 3.63) is 59.2 Å². The number of ether oxygens (including phenoxy) is 6. The predicted molar refractivity (Wildman–Crippen MR) is 171 cm³/mol. The number of carbonyl (C=O) groups is 3. The number of amides is 2. The van der Waals surface area contributed by atoms with Gasteiger partial charge in [-0.3, -0.25) is 4.79 Å². The summed E-state index contributed by atoms with van der Waals surface area (Å²) in [6, 6.07) is 14.5. The maximum absolute atomic E-state index is 12.1. The molecule has 2 aromatic carbocycles. The minimum absolute atomic E-state index is 0.0324.